The highest BCUT2D eigenvalue weighted by Crippen LogP contribution is 2.30. The van der Waals surface area contributed by atoms with E-state index in [-0.39, 0.29) is 30.4 Å². The Morgan fingerprint density at radius 2 is 2.10 bits per heavy atom. The molecule has 0 aliphatic carbocycles. The number of hydrogen-bond donors (Lipinski definition) is 1. The van der Waals surface area contributed by atoms with Crippen molar-refractivity contribution < 1.29 is 4.79 Å². The highest BCUT2D eigenvalue weighted by Gasteiger charge is 2.30. The molecule has 1 amide bonds. The minimum absolute atomic E-state index is 0. The molecule has 2 N–H and O–H groups in total. The Morgan fingerprint density at radius 1 is 1.43 bits per heavy atom. The molecule has 1 fully saturated rings. The van der Waals surface area contributed by atoms with Crippen molar-refractivity contribution in [3.05, 3.63) is 35.4 Å². The molecule has 5 heteroatoms. The standard InChI is InChI=1S/C16H24N2OS.ClH/c1-3-4-14(17)16(19)18-9-10-20-11-15(18)13-7-5-12(2)6-8-13;/h5-8,14-15H,3-4,9-11,17H2,1-2H3;1H. The van der Waals surface area contributed by atoms with Crippen molar-refractivity contribution in [3.63, 3.8) is 0 Å². The van der Waals surface area contributed by atoms with Crippen LogP contribution in [-0.2, 0) is 4.79 Å². The molecular weight excluding hydrogens is 304 g/mol. The number of carbonyl (C=O) groups is 1. The highest BCUT2D eigenvalue weighted by atomic mass is 35.5. The predicted octanol–water partition coefficient (Wildman–Crippen LogP) is 3.16. The summed E-state index contributed by atoms with van der Waals surface area (Å²) in [7, 11) is 0. The monoisotopic (exact) mass is 328 g/mol. The van der Waals surface area contributed by atoms with Crippen LogP contribution in [0.3, 0.4) is 0 Å². The van der Waals surface area contributed by atoms with Crippen molar-refractivity contribution >= 4 is 30.1 Å². The average Bonchev–Trinajstić information content (AvgIpc) is 2.47. The van der Waals surface area contributed by atoms with E-state index in [1.54, 1.807) is 0 Å². The Hall–Kier alpha value is -0.710. The van der Waals surface area contributed by atoms with Crippen LogP contribution in [0, 0.1) is 6.92 Å². The number of nitrogens with zero attached hydrogens (tertiary/aromatic N) is 1. The molecule has 0 saturated carbocycles. The number of carbonyl (C=O) groups excluding carboxylic acids is 1. The molecule has 2 atom stereocenters. The second-order valence-electron chi connectivity index (χ2n) is 5.43. The third-order valence-corrected chi connectivity index (χ3v) is 4.81. The van der Waals surface area contributed by atoms with E-state index in [0.717, 1.165) is 30.9 Å². The molecule has 21 heavy (non-hydrogen) atoms. The van der Waals surface area contributed by atoms with Crippen molar-refractivity contribution in [3.8, 4) is 0 Å². The van der Waals surface area contributed by atoms with Crippen LogP contribution in [0.25, 0.3) is 0 Å². The summed E-state index contributed by atoms with van der Waals surface area (Å²) in [5, 5.41) is 0. The number of amides is 1. The number of benzene rings is 1. The first-order chi connectivity index (χ1) is 9.63. The summed E-state index contributed by atoms with van der Waals surface area (Å²) >= 11 is 1.91. The van der Waals surface area contributed by atoms with Gasteiger partial charge in [0.2, 0.25) is 5.91 Å². The topological polar surface area (TPSA) is 46.3 Å². The van der Waals surface area contributed by atoms with Crippen LogP contribution in [0.5, 0.6) is 0 Å². The molecule has 1 saturated heterocycles. The van der Waals surface area contributed by atoms with Crippen LogP contribution in [0.1, 0.15) is 36.9 Å². The Morgan fingerprint density at radius 3 is 2.71 bits per heavy atom. The van der Waals surface area contributed by atoms with Gasteiger partial charge in [-0.1, -0.05) is 43.2 Å². The number of thioether (sulfide) groups is 1. The fourth-order valence-corrected chi connectivity index (χ4v) is 3.67. The Labute approximate surface area is 138 Å². The molecule has 1 heterocycles. The molecule has 1 aliphatic heterocycles. The van der Waals surface area contributed by atoms with E-state index in [1.807, 2.05) is 16.7 Å². The molecular formula is C16H25ClN2OS. The minimum Gasteiger partial charge on any atom is -0.333 e. The van der Waals surface area contributed by atoms with E-state index in [0.29, 0.717) is 0 Å². The van der Waals surface area contributed by atoms with Crippen molar-refractivity contribution in [1.29, 1.82) is 0 Å². The number of rotatable bonds is 4. The summed E-state index contributed by atoms with van der Waals surface area (Å²) in [5.41, 5.74) is 8.50. The van der Waals surface area contributed by atoms with Crippen molar-refractivity contribution in [2.24, 2.45) is 5.73 Å². The van der Waals surface area contributed by atoms with Crippen molar-refractivity contribution in [2.75, 3.05) is 18.1 Å². The Bertz CT molecular complexity index is 452. The zero-order valence-corrected chi connectivity index (χ0v) is 14.4. The van der Waals surface area contributed by atoms with E-state index in [2.05, 4.69) is 38.1 Å². The van der Waals surface area contributed by atoms with Gasteiger partial charge in [-0.05, 0) is 18.9 Å². The first-order valence-electron chi connectivity index (χ1n) is 7.34. The third kappa shape index (κ3) is 4.63. The molecule has 3 nitrogen and oxygen atoms in total. The first-order valence-corrected chi connectivity index (χ1v) is 8.49. The lowest BCUT2D eigenvalue weighted by molar-refractivity contribution is -0.134. The largest absolute Gasteiger partial charge is 0.333 e. The fourth-order valence-electron chi connectivity index (χ4n) is 2.58. The maximum absolute atomic E-state index is 12.5. The summed E-state index contributed by atoms with van der Waals surface area (Å²) in [4.78, 5) is 14.5. The lowest BCUT2D eigenvalue weighted by Crippen LogP contribution is -2.48. The normalized spacial score (nSPS) is 19.8. The van der Waals surface area contributed by atoms with Gasteiger partial charge in [0.15, 0.2) is 0 Å². The molecule has 2 unspecified atom stereocenters. The summed E-state index contributed by atoms with van der Waals surface area (Å²) < 4.78 is 0. The van der Waals surface area contributed by atoms with E-state index in [4.69, 9.17) is 5.73 Å². The zero-order chi connectivity index (χ0) is 14.5. The quantitative estimate of drug-likeness (QED) is 0.923. The SMILES string of the molecule is CCCC(N)C(=O)N1CCSCC1c1ccc(C)cc1.Cl. The van der Waals surface area contributed by atoms with Gasteiger partial charge in [-0.2, -0.15) is 11.8 Å². The minimum atomic E-state index is -0.351. The van der Waals surface area contributed by atoms with Crippen molar-refractivity contribution in [2.45, 2.75) is 38.8 Å². The van der Waals surface area contributed by atoms with Gasteiger partial charge in [-0.3, -0.25) is 4.79 Å². The predicted molar refractivity (Wildman–Crippen MR) is 93.1 cm³/mol. The number of aryl methyl sites for hydroxylation is 1. The van der Waals surface area contributed by atoms with Gasteiger partial charge in [0, 0.05) is 18.1 Å². The molecule has 118 valence electrons. The molecule has 0 bridgehead atoms. The van der Waals surface area contributed by atoms with Gasteiger partial charge in [0.25, 0.3) is 0 Å². The van der Waals surface area contributed by atoms with Gasteiger partial charge in [0.05, 0.1) is 12.1 Å². The Balaban J connectivity index is 0.00000220. The number of hydrogen-bond acceptors (Lipinski definition) is 3. The van der Waals surface area contributed by atoms with Crippen LogP contribution < -0.4 is 5.73 Å². The molecule has 0 aromatic heterocycles. The van der Waals surface area contributed by atoms with Crippen LogP contribution in [-0.4, -0.2) is 34.9 Å². The summed E-state index contributed by atoms with van der Waals surface area (Å²) in [5.74, 6) is 2.08. The maximum Gasteiger partial charge on any atom is 0.240 e. The lowest BCUT2D eigenvalue weighted by atomic mass is 10.0. The second-order valence-corrected chi connectivity index (χ2v) is 6.58. The molecule has 2 rings (SSSR count). The summed E-state index contributed by atoms with van der Waals surface area (Å²) in [6, 6.07) is 8.32. The lowest BCUT2D eigenvalue weighted by Gasteiger charge is -2.37. The van der Waals surface area contributed by atoms with E-state index in [9.17, 15) is 4.79 Å². The molecule has 1 aliphatic rings. The third-order valence-electron chi connectivity index (χ3n) is 3.79. The van der Waals surface area contributed by atoms with Crippen LogP contribution >= 0.6 is 24.2 Å². The summed E-state index contributed by atoms with van der Waals surface area (Å²) in [6.45, 7) is 4.95. The summed E-state index contributed by atoms with van der Waals surface area (Å²) in [6.07, 6.45) is 1.72. The smallest absolute Gasteiger partial charge is 0.240 e. The van der Waals surface area contributed by atoms with Gasteiger partial charge in [-0.15, -0.1) is 12.4 Å². The second kappa shape index (κ2) is 8.66. The molecule has 1 aromatic rings. The number of halogens is 1. The van der Waals surface area contributed by atoms with E-state index >= 15 is 0 Å². The van der Waals surface area contributed by atoms with Gasteiger partial charge in [-0.25, -0.2) is 0 Å². The molecule has 1 aromatic carbocycles. The van der Waals surface area contributed by atoms with Gasteiger partial charge >= 0.3 is 0 Å². The fraction of sp³-hybridized carbons (Fsp3) is 0.562. The maximum atomic E-state index is 12.5. The molecule has 0 radical (unpaired) electrons. The van der Waals surface area contributed by atoms with Crippen LogP contribution in [0.15, 0.2) is 24.3 Å². The average molecular weight is 329 g/mol. The van der Waals surface area contributed by atoms with Crippen LogP contribution in [0.4, 0.5) is 0 Å². The first kappa shape index (κ1) is 18.3. The highest BCUT2D eigenvalue weighted by molar-refractivity contribution is 7.99. The van der Waals surface area contributed by atoms with Crippen molar-refractivity contribution in [1.82, 2.24) is 4.90 Å². The molecule has 0 spiro atoms. The van der Waals surface area contributed by atoms with Gasteiger partial charge in [0.1, 0.15) is 0 Å². The van der Waals surface area contributed by atoms with Crippen LogP contribution in [0.2, 0.25) is 0 Å². The van der Waals surface area contributed by atoms with E-state index < -0.39 is 0 Å². The zero-order valence-electron chi connectivity index (χ0n) is 12.7. The number of nitrogens with two attached hydrogens (primary N) is 1. The van der Waals surface area contributed by atoms with E-state index in [1.165, 1.54) is 11.1 Å². The van der Waals surface area contributed by atoms with Gasteiger partial charge < -0.3 is 10.6 Å². The Kier molecular flexibility index (Phi) is 7.57.